The summed E-state index contributed by atoms with van der Waals surface area (Å²) in [6.45, 7) is 1.98. The van der Waals surface area contributed by atoms with Crippen molar-refractivity contribution in [2.45, 2.75) is 30.6 Å². The average Bonchev–Trinajstić information content (AvgIpc) is 3.03. The number of carbonyl (C=O) groups is 1. The monoisotopic (exact) mass is 518 g/mol. The van der Waals surface area contributed by atoms with Crippen molar-refractivity contribution in [2.24, 2.45) is 0 Å². The molecule has 0 bridgehead atoms. The Morgan fingerprint density at radius 2 is 1.23 bits per heavy atom. The van der Waals surface area contributed by atoms with E-state index in [4.69, 9.17) is 0 Å². The summed E-state index contributed by atoms with van der Waals surface area (Å²) in [4.78, 5) is 14.2. The van der Waals surface area contributed by atoms with Gasteiger partial charge in [-0.05, 0) is 34.6 Å². The molecule has 0 radical (unpaired) electrons. The van der Waals surface area contributed by atoms with Crippen molar-refractivity contribution >= 4 is 22.4 Å². The molecule has 5 rings (SSSR count). The second-order valence-corrected chi connectivity index (χ2v) is 9.83. The van der Waals surface area contributed by atoms with Gasteiger partial charge in [0.1, 0.15) is 10.8 Å². The lowest BCUT2D eigenvalue weighted by molar-refractivity contribution is -0.119. The fourth-order valence-corrected chi connectivity index (χ4v) is 5.31. The summed E-state index contributed by atoms with van der Waals surface area (Å²) in [6.07, 6.45) is 0.713. The molecule has 3 heteroatoms. The topological polar surface area (TPSA) is 52.9 Å². The third-order valence-electron chi connectivity index (χ3n) is 7.60. The first-order chi connectivity index (χ1) is 19.6. The highest BCUT2D eigenvalue weighted by Gasteiger charge is 2.38. The zero-order valence-electron chi connectivity index (χ0n) is 22.5. The molecule has 5 aromatic carbocycles. The summed E-state index contributed by atoms with van der Waals surface area (Å²) >= 11 is 0. The van der Waals surface area contributed by atoms with E-state index in [2.05, 4.69) is 23.2 Å². The first kappa shape index (κ1) is 26.5. The minimum absolute atomic E-state index is 0.188. The standard InChI is InChI=1S/C37H30N2O/c1-2-36(30-18-6-3-7-19-30,35(40)39-34-25-14-17-29-16-12-13-24-33(29)34)26-15-27-37(28-38,31-20-8-4-9-21-31)32-22-10-5-11-23-32/h3-14,16-25H,2,27H2,1H3,(H,39,40)/t36-/m1/s1. The number of nitrogens with zero attached hydrogens (tertiary/aromatic N) is 1. The maximum absolute atomic E-state index is 14.2. The first-order valence-electron chi connectivity index (χ1n) is 13.5. The molecule has 1 N–H and O–H groups in total. The molecule has 0 heterocycles. The van der Waals surface area contributed by atoms with Gasteiger partial charge in [0.2, 0.25) is 5.91 Å². The second-order valence-electron chi connectivity index (χ2n) is 9.83. The highest BCUT2D eigenvalue weighted by molar-refractivity contribution is 6.07. The van der Waals surface area contributed by atoms with E-state index in [-0.39, 0.29) is 12.3 Å². The van der Waals surface area contributed by atoms with Crippen molar-refractivity contribution in [3.63, 3.8) is 0 Å². The van der Waals surface area contributed by atoms with E-state index >= 15 is 0 Å². The number of nitrogens with one attached hydrogen (secondary N) is 1. The van der Waals surface area contributed by atoms with E-state index in [0.29, 0.717) is 6.42 Å². The van der Waals surface area contributed by atoms with Gasteiger partial charge in [-0.15, -0.1) is 0 Å². The van der Waals surface area contributed by atoms with Crippen LogP contribution < -0.4 is 5.32 Å². The molecule has 0 unspecified atom stereocenters. The molecular weight excluding hydrogens is 488 g/mol. The van der Waals surface area contributed by atoms with Crippen LogP contribution in [0.3, 0.4) is 0 Å². The highest BCUT2D eigenvalue weighted by Crippen LogP contribution is 2.36. The largest absolute Gasteiger partial charge is 0.324 e. The normalized spacial score (nSPS) is 12.4. The molecule has 0 spiro atoms. The van der Waals surface area contributed by atoms with E-state index in [1.807, 2.05) is 140 Å². The van der Waals surface area contributed by atoms with Gasteiger partial charge in [-0.3, -0.25) is 4.79 Å². The van der Waals surface area contributed by atoms with Crippen LogP contribution in [0, 0.1) is 23.2 Å². The Morgan fingerprint density at radius 1 is 0.700 bits per heavy atom. The van der Waals surface area contributed by atoms with Crippen molar-refractivity contribution in [3.8, 4) is 17.9 Å². The van der Waals surface area contributed by atoms with Crippen LogP contribution in [0.5, 0.6) is 0 Å². The van der Waals surface area contributed by atoms with Gasteiger partial charge in [0.25, 0.3) is 0 Å². The van der Waals surface area contributed by atoms with Gasteiger partial charge in [0.15, 0.2) is 0 Å². The van der Waals surface area contributed by atoms with Gasteiger partial charge < -0.3 is 5.32 Å². The Bertz CT molecular complexity index is 1670. The lowest BCUT2D eigenvalue weighted by atomic mass is 9.72. The van der Waals surface area contributed by atoms with Crippen LogP contribution in [-0.2, 0) is 15.6 Å². The number of hydrogen-bond acceptors (Lipinski definition) is 2. The molecule has 0 saturated carbocycles. The smallest absolute Gasteiger partial charge is 0.247 e. The van der Waals surface area contributed by atoms with Crippen LogP contribution in [0.15, 0.2) is 133 Å². The fourth-order valence-electron chi connectivity index (χ4n) is 5.31. The van der Waals surface area contributed by atoms with Gasteiger partial charge in [-0.1, -0.05) is 146 Å². The maximum atomic E-state index is 14.2. The predicted molar refractivity (Wildman–Crippen MR) is 163 cm³/mol. The van der Waals surface area contributed by atoms with E-state index < -0.39 is 10.8 Å². The molecule has 0 aliphatic heterocycles. The molecule has 1 amide bonds. The second kappa shape index (κ2) is 11.7. The third kappa shape index (κ3) is 4.98. The van der Waals surface area contributed by atoms with E-state index in [1.54, 1.807) is 0 Å². The van der Waals surface area contributed by atoms with Crippen LogP contribution in [0.1, 0.15) is 36.5 Å². The van der Waals surface area contributed by atoms with Crippen molar-refractivity contribution < 1.29 is 4.79 Å². The Labute approximate surface area is 236 Å². The predicted octanol–water partition coefficient (Wildman–Crippen LogP) is 8.03. The van der Waals surface area contributed by atoms with Gasteiger partial charge in [0, 0.05) is 17.5 Å². The quantitative estimate of drug-likeness (QED) is 0.222. The van der Waals surface area contributed by atoms with Crippen molar-refractivity contribution in [1.82, 2.24) is 0 Å². The Balaban J connectivity index is 1.59. The van der Waals surface area contributed by atoms with Crippen LogP contribution in [0.25, 0.3) is 10.8 Å². The lowest BCUT2D eigenvalue weighted by Crippen LogP contribution is -2.39. The molecule has 1 atom stereocenters. The molecule has 5 aromatic rings. The summed E-state index contributed by atoms with van der Waals surface area (Å²) in [6, 6.07) is 45.7. The fraction of sp³-hybridized carbons (Fsp3) is 0.135. The first-order valence-corrected chi connectivity index (χ1v) is 13.5. The van der Waals surface area contributed by atoms with Gasteiger partial charge in [0.05, 0.1) is 6.07 Å². The number of hydrogen-bond donors (Lipinski definition) is 1. The number of benzene rings is 5. The summed E-state index contributed by atoms with van der Waals surface area (Å²) < 4.78 is 0. The Hall–Kier alpha value is -5.12. The molecule has 0 aliphatic rings. The minimum Gasteiger partial charge on any atom is -0.324 e. The van der Waals surface area contributed by atoms with E-state index in [0.717, 1.165) is 33.2 Å². The third-order valence-corrected chi connectivity index (χ3v) is 7.60. The van der Waals surface area contributed by atoms with Crippen molar-refractivity contribution in [1.29, 1.82) is 5.26 Å². The number of fused-ring (bicyclic) bond motifs is 1. The summed E-state index contributed by atoms with van der Waals surface area (Å²) in [5, 5.41) is 15.8. The number of rotatable bonds is 7. The zero-order valence-corrected chi connectivity index (χ0v) is 22.5. The molecule has 40 heavy (non-hydrogen) atoms. The van der Waals surface area contributed by atoms with Crippen LogP contribution in [0.4, 0.5) is 5.69 Å². The van der Waals surface area contributed by atoms with Gasteiger partial charge in [-0.2, -0.15) is 5.26 Å². The van der Waals surface area contributed by atoms with Crippen molar-refractivity contribution in [2.75, 3.05) is 5.32 Å². The average molecular weight is 519 g/mol. The lowest BCUT2D eigenvalue weighted by Gasteiger charge is -2.28. The molecule has 0 saturated heterocycles. The van der Waals surface area contributed by atoms with Gasteiger partial charge in [-0.25, -0.2) is 0 Å². The van der Waals surface area contributed by atoms with Crippen LogP contribution >= 0.6 is 0 Å². The SMILES string of the molecule is CC[C@](C#CCC(C#N)(c1ccccc1)c1ccccc1)(C(=O)Nc1cccc2ccccc12)c1ccccc1. The number of carbonyl (C=O) groups excluding carboxylic acids is 1. The van der Waals surface area contributed by atoms with E-state index in [1.165, 1.54) is 0 Å². The van der Waals surface area contributed by atoms with Gasteiger partial charge >= 0.3 is 0 Å². The summed E-state index contributed by atoms with van der Waals surface area (Å²) in [7, 11) is 0. The molecule has 0 aromatic heterocycles. The molecule has 3 nitrogen and oxygen atoms in total. The molecule has 0 fully saturated rings. The zero-order chi connectivity index (χ0) is 27.8. The number of anilines is 1. The van der Waals surface area contributed by atoms with Crippen LogP contribution in [-0.4, -0.2) is 5.91 Å². The van der Waals surface area contributed by atoms with Crippen LogP contribution in [0.2, 0.25) is 0 Å². The molecule has 0 aliphatic carbocycles. The number of nitriles is 1. The Morgan fingerprint density at radius 3 is 1.80 bits per heavy atom. The molecular formula is C37H30N2O. The molecule has 194 valence electrons. The maximum Gasteiger partial charge on any atom is 0.247 e. The minimum atomic E-state index is -1.10. The Kier molecular flexibility index (Phi) is 7.77. The highest BCUT2D eigenvalue weighted by atomic mass is 16.2. The van der Waals surface area contributed by atoms with Crippen molar-refractivity contribution in [3.05, 3.63) is 150 Å². The van der Waals surface area contributed by atoms with E-state index in [9.17, 15) is 10.1 Å². The number of amides is 1. The summed E-state index contributed by atoms with van der Waals surface area (Å²) in [5.41, 5.74) is 1.24. The summed E-state index contributed by atoms with van der Waals surface area (Å²) in [5.74, 6) is 6.53.